The monoisotopic (exact) mass is 311 g/mol. The minimum atomic E-state index is -0.220. The molecule has 0 bridgehead atoms. The van der Waals surface area contributed by atoms with Gasteiger partial charge in [-0.1, -0.05) is 11.6 Å². The fraction of sp³-hybridized carbons (Fsp3) is 0. The quantitative estimate of drug-likeness (QED) is 0.754. The van der Waals surface area contributed by atoms with Crippen molar-refractivity contribution in [2.75, 3.05) is 0 Å². The molecule has 2 aromatic heterocycles. The molecule has 4 rings (SSSR count). The predicted octanol–water partition coefficient (Wildman–Crippen LogP) is 3.87. The average molecular weight is 312 g/mol. The zero-order valence-electron chi connectivity index (χ0n) is 11.3. The van der Waals surface area contributed by atoms with Gasteiger partial charge in [-0.05, 0) is 36.4 Å². The van der Waals surface area contributed by atoms with E-state index in [1.807, 2.05) is 12.1 Å². The van der Waals surface area contributed by atoms with Gasteiger partial charge in [0.2, 0.25) is 0 Å². The molecule has 1 aromatic carbocycles. The van der Waals surface area contributed by atoms with E-state index in [2.05, 4.69) is 15.2 Å². The Kier molecular flexibility index (Phi) is 2.87. The Morgan fingerprint density at radius 1 is 1.23 bits per heavy atom. The van der Waals surface area contributed by atoms with Gasteiger partial charge >= 0.3 is 0 Å². The van der Waals surface area contributed by atoms with Crippen LogP contribution in [-0.4, -0.2) is 16.4 Å². The molecule has 0 amide bonds. The molecular formula is C16H10ClN3O2. The number of aromatic nitrogens is 2. The summed E-state index contributed by atoms with van der Waals surface area (Å²) in [4.78, 5) is 16.4. The van der Waals surface area contributed by atoms with Gasteiger partial charge in [0.25, 0.3) is 5.56 Å². The number of aliphatic imine (C=N–C) groups is 1. The largest absolute Gasteiger partial charge is 0.463 e. The summed E-state index contributed by atoms with van der Waals surface area (Å²) in [6, 6.07) is 9.03. The lowest BCUT2D eigenvalue weighted by atomic mass is 10.0. The molecule has 0 saturated heterocycles. The van der Waals surface area contributed by atoms with Crippen molar-refractivity contribution in [1.29, 1.82) is 0 Å². The number of allylic oxidation sites excluding steroid dienone is 1. The van der Waals surface area contributed by atoms with Crippen LogP contribution in [0.15, 0.2) is 50.8 Å². The number of rotatable bonds is 2. The number of aromatic amines is 2. The van der Waals surface area contributed by atoms with Crippen LogP contribution < -0.4 is 5.56 Å². The average Bonchev–Trinajstić information content (AvgIpc) is 3.22. The number of hydrogen-bond acceptors (Lipinski definition) is 3. The van der Waals surface area contributed by atoms with Crippen LogP contribution in [0.5, 0.6) is 0 Å². The highest BCUT2D eigenvalue weighted by Gasteiger charge is 2.17. The number of nitrogens with one attached hydrogen (secondary N) is 2. The zero-order chi connectivity index (χ0) is 15.1. The molecule has 0 unspecified atom stereocenters. The number of halogens is 1. The van der Waals surface area contributed by atoms with Crippen molar-refractivity contribution in [3.63, 3.8) is 0 Å². The van der Waals surface area contributed by atoms with E-state index < -0.39 is 0 Å². The lowest BCUT2D eigenvalue weighted by Gasteiger charge is -2.00. The van der Waals surface area contributed by atoms with Gasteiger partial charge in [-0.3, -0.25) is 20.0 Å². The number of benzene rings is 1. The molecule has 0 radical (unpaired) electrons. The molecule has 3 aromatic rings. The smallest absolute Gasteiger partial charge is 0.271 e. The first-order valence-corrected chi connectivity index (χ1v) is 7.00. The first kappa shape index (κ1) is 12.9. The number of hydrogen-bond donors (Lipinski definition) is 2. The maximum atomic E-state index is 12.1. The molecule has 6 heteroatoms. The van der Waals surface area contributed by atoms with E-state index >= 15 is 0 Å². The van der Waals surface area contributed by atoms with Crippen molar-refractivity contribution in [2.45, 2.75) is 0 Å². The van der Waals surface area contributed by atoms with Gasteiger partial charge in [-0.25, -0.2) is 0 Å². The van der Waals surface area contributed by atoms with E-state index in [1.54, 1.807) is 36.8 Å². The molecule has 0 saturated carbocycles. The maximum absolute atomic E-state index is 12.1. The molecule has 2 N–H and O–H groups in total. The highest BCUT2D eigenvalue weighted by Crippen LogP contribution is 2.35. The molecule has 0 fully saturated rings. The van der Waals surface area contributed by atoms with Crippen molar-refractivity contribution in [3.05, 3.63) is 63.1 Å². The van der Waals surface area contributed by atoms with Gasteiger partial charge in [-0.2, -0.15) is 0 Å². The minimum absolute atomic E-state index is 0.220. The van der Waals surface area contributed by atoms with E-state index in [1.165, 1.54) is 0 Å². The number of nitrogens with zero attached hydrogens (tertiary/aromatic N) is 1. The SMILES string of the molecule is O=c1[nH][nH]c(-c2ccco2)c1/C=C1\C=Nc2ccc(Cl)cc21. The summed E-state index contributed by atoms with van der Waals surface area (Å²) < 4.78 is 5.35. The van der Waals surface area contributed by atoms with Gasteiger partial charge in [0.05, 0.1) is 17.5 Å². The van der Waals surface area contributed by atoms with Gasteiger partial charge in [-0.15, -0.1) is 0 Å². The lowest BCUT2D eigenvalue weighted by molar-refractivity contribution is 0.579. The van der Waals surface area contributed by atoms with Crippen LogP contribution in [0.1, 0.15) is 11.1 Å². The van der Waals surface area contributed by atoms with E-state index in [0.29, 0.717) is 22.0 Å². The summed E-state index contributed by atoms with van der Waals surface area (Å²) in [5.74, 6) is 0.589. The first-order valence-electron chi connectivity index (χ1n) is 6.62. The van der Waals surface area contributed by atoms with E-state index in [4.69, 9.17) is 16.0 Å². The fourth-order valence-corrected chi connectivity index (χ4v) is 2.62. The summed E-state index contributed by atoms with van der Waals surface area (Å²) in [6.07, 6.45) is 5.06. The van der Waals surface area contributed by atoms with Gasteiger partial charge in [0.1, 0.15) is 5.69 Å². The van der Waals surface area contributed by atoms with E-state index in [-0.39, 0.29) is 5.56 Å². The van der Waals surface area contributed by atoms with Crippen LogP contribution in [0, 0.1) is 0 Å². The molecule has 5 nitrogen and oxygen atoms in total. The zero-order valence-corrected chi connectivity index (χ0v) is 12.0. The second-order valence-corrected chi connectivity index (χ2v) is 5.30. The van der Waals surface area contributed by atoms with E-state index in [9.17, 15) is 4.79 Å². The third kappa shape index (κ3) is 2.03. The van der Waals surface area contributed by atoms with Crippen LogP contribution in [0.3, 0.4) is 0 Å². The Balaban J connectivity index is 1.87. The van der Waals surface area contributed by atoms with Crippen molar-refractivity contribution < 1.29 is 4.42 Å². The number of H-pyrrole nitrogens is 2. The highest BCUT2D eigenvalue weighted by atomic mass is 35.5. The Bertz CT molecular complexity index is 962. The van der Waals surface area contributed by atoms with Gasteiger partial charge in [0.15, 0.2) is 5.76 Å². The Morgan fingerprint density at radius 2 is 2.14 bits per heavy atom. The number of furan rings is 1. The Labute approximate surface area is 129 Å². The van der Waals surface area contributed by atoms with Crippen LogP contribution in [0.25, 0.3) is 23.1 Å². The summed E-state index contributed by atoms with van der Waals surface area (Å²) in [5.41, 5.74) is 3.44. The molecule has 108 valence electrons. The third-order valence-corrected chi connectivity index (χ3v) is 3.73. The molecule has 3 heterocycles. The summed E-state index contributed by atoms with van der Waals surface area (Å²) >= 11 is 6.04. The lowest BCUT2D eigenvalue weighted by Crippen LogP contribution is -2.02. The highest BCUT2D eigenvalue weighted by molar-refractivity contribution is 6.31. The van der Waals surface area contributed by atoms with Gasteiger partial charge < -0.3 is 4.42 Å². The summed E-state index contributed by atoms with van der Waals surface area (Å²) in [7, 11) is 0. The predicted molar refractivity (Wildman–Crippen MR) is 86.6 cm³/mol. The van der Waals surface area contributed by atoms with E-state index in [0.717, 1.165) is 16.8 Å². The topological polar surface area (TPSA) is 74.2 Å². The van der Waals surface area contributed by atoms with Crippen molar-refractivity contribution in [2.24, 2.45) is 4.99 Å². The van der Waals surface area contributed by atoms with Crippen LogP contribution in [-0.2, 0) is 0 Å². The van der Waals surface area contributed by atoms with Crippen molar-refractivity contribution in [1.82, 2.24) is 10.2 Å². The normalized spacial score (nSPS) is 14.7. The Morgan fingerprint density at radius 3 is 2.95 bits per heavy atom. The van der Waals surface area contributed by atoms with Crippen LogP contribution >= 0.6 is 11.6 Å². The first-order chi connectivity index (χ1) is 10.7. The molecule has 0 atom stereocenters. The molecular weight excluding hydrogens is 302 g/mol. The number of fused-ring (bicyclic) bond motifs is 1. The Hall–Kier alpha value is -2.79. The summed E-state index contributed by atoms with van der Waals surface area (Å²) in [5, 5.41) is 6.05. The summed E-state index contributed by atoms with van der Waals surface area (Å²) in [6.45, 7) is 0. The van der Waals surface area contributed by atoms with Crippen molar-refractivity contribution in [3.8, 4) is 11.5 Å². The van der Waals surface area contributed by atoms with Crippen LogP contribution in [0.2, 0.25) is 5.02 Å². The molecule has 22 heavy (non-hydrogen) atoms. The maximum Gasteiger partial charge on any atom is 0.271 e. The molecule has 1 aliphatic heterocycles. The standard InChI is InChI=1S/C16H10ClN3O2/c17-10-3-4-13-11(7-10)9(8-18-13)6-12-15(19-20-16(12)21)14-2-1-5-22-14/h1-8H,(H2,19,20,21)/b9-6+. The second kappa shape index (κ2) is 4.89. The third-order valence-electron chi connectivity index (χ3n) is 3.49. The molecule has 1 aliphatic rings. The fourth-order valence-electron chi connectivity index (χ4n) is 2.45. The second-order valence-electron chi connectivity index (χ2n) is 4.86. The molecule has 0 spiro atoms. The minimum Gasteiger partial charge on any atom is -0.463 e. The van der Waals surface area contributed by atoms with Gasteiger partial charge in [0, 0.05) is 22.4 Å². The van der Waals surface area contributed by atoms with Crippen LogP contribution in [0.4, 0.5) is 5.69 Å². The molecule has 0 aliphatic carbocycles. The van der Waals surface area contributed by atoms with Crippen molar-refractivity contribution >= 4 is 35.2 Å².